The van der Waals surface area contributed by atoms with E-state index in [9.17, 15) is 9.59 Å². The maximum Gasteiger partial charge on any atom is 0.272 e. The number of rotatable bonds is 1. The molecule has 2 unspecified atom stereocenters. The predicted octanol–water partition coefficient (Wildman–Crippen LogP) is 2.56. The topological polar surface area (TPSA) is 37.4 Å². The highest BCUT2D eigenvalue weighted by atomic mass is 35.5. The van der Waals surface area contributed by atoms with Gasteiger partial charge in [0.25, 0.3) is 11.8 Å². The lowest BCUT2D eigenvalue weighted by Gasteiger charge is -2.29. The van der Waals surface area contributed by atoms with Crippen LogP contribution in [0.4, 0.5) is 0 Å². The van der Waals surface area contributed by atoms with Gasteiger partial charge in [-0.3, -0.25) is 9.59 Å². The maximum atomic E-state index is 12.3. The molecule has 1 heterocycles. The number of hydrogen-bond donors (Lipinski definition) is 0. The van der Waals surface area contributed by atoms with E-state index in [0.29, 0.717) is 11.1 Å². The highest BCUT2D eigenvalue weighted by Gasteiger charge is 2.60. The molecule has 4 rings (SSSR count). The van der Waals surface area contributed by atoms with Crippen LogP contribution in [-0.2, 0) is 15.0 Å². The smallest absolute Gasteiger partial charge is 0.268 e. The van der Waals surface area contributed by atoms with E-state index >= 15 is 0 Å². The number of carbonyl (C=O) groups is 2. The molecule has 1 aliphatic heterocycles. The van der Waals surface area contributed by atoms with Crippen molar-refractivity contribution in [3.05, 3.63) is 47.0 Å². The van der Waals surface area contributed by atoms with E-state index in [2.05, 4.69) is 0 Å². The van der Waals surface area contributed by atoms with Gasteiger partial charge in [-0.1, -0.05) is 30.3 Å². The molecule has 4 heteroatoms. The molecule has 2 aliphatic carbocycles. The number of imide groups is 1. The molecule has 2 atom stereocenters. The van der Waals surface area contributed by atoms with Crippen LogP contribution in [0.25, 0.3) is 0 Å². The fraction of sp³-hybridized carbons (Fsp3) is 0.333. The lowest BCUT2D eigenvalue weighted by Crippen LogP contribution is -2.31. The van der Waals surface area contributed by atoms with E-state index in [4.69, 9.17) is 11.8 Å². The largest absolute Gasteiger partial charge is 0.272 e. The van der Waals surface area contributed by atoms with Crippen LogP contribution in [0, 0.1) is 5.92 Å². The van der Waals surface area contributed by atoms with Gasteiger partial charge in [-0.15, -0.1) is 0 Å². The fourth-order valence-corrected chi connectivity index (χ4v) is 4.22. The molecule has 96 valence electrons. The zero-order valence-corrected chi connectivity index (χ0v) is 11.0. The Morgan fingerprint density at radius 2 is 1.89 bits per heavy atom. The molecule has 1 fully saturated rings. The van der Waals surface area contributed by atoms with E-state index in [1.54, 1.807) is 0 Å². The van der Waals surface area contributed by atoms with Gasteiger partial charge >= 0.3 is 0 Å². The number of nitrogens with zero attached hydrogens (tertiary/aromatic N) is 1. The summed E-state index contributed by atoms with van der Waals surface area (Å²) in [5.74, 6) is -0.410. The Hall–Kier alpha value is -1.61. The van der Waals surface area contributed by atoms with Gasteiger partial charge in [0.15, 0.2) is 0 Å². The van der Waals surface area contributed by atoms with Crippen molar-refractivity contribution in [2.45, 2.75) is 24.7 Å². The Kier molecular flexibility index (Phi) is 2.06. The van der Waals surface area contributed by atoms with Crippen LogP contribution in [-0.4, -0.2) is 16.2 Å². The van der Waals surface area contributed by atoms with Crippen LogP contribution in [0.15, 0.2) is 41.5 Å². The molecule has 0 saturated heterocycles. The number of halogens is 1. The molecule has 1 aromatic rings. The van der Waals surface area contributed by atoms with Crippen LogP contribution in [0.3, 0.4) is 0 Å². The Bertz CT molecular complexity index is 637. The standard InChI is InChI=1S/C15H12ClNO2/c16-17-13(18)11-9-6-7-15(8-9,12(11)14(17)19)10-4-2-1-3-5-10/h1-5,9H,6-8H2. The summed E-state index contributed by atoms with van der Waals surface area (Å²) >= 11 is 5.82. The van der Waals surface area contributed by atoms with Crippen molar-refractivity contribution in [1.29, 1.82) is 0 Å². The zero-order valence-electron chi connectivity index (χ0n) is 10.2. The second kappa shape index (κ2) is 3.48. The quantitative estimate of drug-likeness (QED) is 0.582. The van der Waals surface area contributed by atoms with E-state index in [1.807, 2.05) is 30.3 Å². The Morgan fingerprint density at radius 1 is 1.16 bits per heavy atom. The summed E-state index contributed by atoms with van der Waals surface area (Å²) in [5.41, 5.74) is 2.19. The summed E-state index contributed by atoms with van der Waals surface area (Å²) in [6.07, 6.45) is 2.78. The lowest BCUT2D eigenvalue weighted by atomic mass is 9.73. The average Bonchev–Trinajstić information content (AvgIpc) is 3.08. The van der Waals surface area contributed by atoms with Gasteiger partial charge < -0.3 is 0 Å². The van der Waals surface area contributed by atoms with E-state index < -0.39 is 0 Å². The first-order chi connectivity index (χ1) is 9.15. The summed E-state index contributed by atoms with van der Waals surface area (Å²) in [6, 6.07) is 10.0. The van der Waals surface area contributed by atoms with E-state index in [1.165, 1.54) is 0 Å². The van der Waals surface area contributed by atoms with Crippen LogP contribution in [0.5, 0.6) is 0 Å². The molecule has 1 aromatic carbocycles. The molecule has 19 heavy (non-hydrogen) atoms. The van der Waals surface area contributed by atoms with Crippen molar-refractivity contribution >= 4 is 23.6 Å². The Labute approximate surface area is 116 Å². The third-order valence-corrected chi connectivity index (χ3v) is 5.10. The second-order valence-electron chi connectivity index (χ2n) is 5.57. The molecule has 3 nitrogen and oxygen atoms in total. The van der Waals surface area contributed by atoms with Crippen LogP contribution < -0.4 is 0 Å². The minimum atomic E-state index is -0.312. The summed E-state index contributed by atoms with van der Waals surface area (Å²) in [7, 11) is 0. The summed E-state index contributed by atoms with van der Waals surface area (Å²) in [6.45, 7) is 0. The van der Waals surface area contributed by atoms with Gasteiger partial charge in [-0.25, -0.2) is 0 Å². The van der Waals surface area contributed by atoms with Gasteiger partial charge in [0.2, 0.25) is 0 Å². The number of carbonyl (C=O) groups excluding carboxylic acids is 2. The number of amides is 2. The highest BCUT2D eigenvalue weighted by Crippen LogP contribution is 2.61. The number of fused-ring (bicyclic) bond motifs is 4. The van der Waals surface area contributed by atoms with Crippen molar-refractivity contribution in [3.63, 3.8) is 0 Å². The SMILES string of the molecule is O=C1C2=C(C(=O)N1Cl)C1(c3ccccc3)CCC2C1. The fourth-order valence-electron chi connectivity index (χ4n) is 4.04. The third kappa shape index (κ3) is 1.19. The first-order valence-corrected chi connectivity index (χ1v) is 6.84. The summed E-state index contributed by atoms with van der Waals surface area (Å²) < 4.78 is 0.764. The minimum absolute atomic E-state index is 0.204. The first-order valence-electron chi connectivity index (χ1n) is 6.50. The van der Waals surface area contributed by atoms with Crippen molar-refractivity contribution in [1.82, 2.24) is 4.42 Å². The third-order valence-electron chi connectivity index (χ3n) is 4.80. The number of hydrogen-bond acceptors (Lipinski definition) is 2. The zero-order chi connectivity index (χ0) is 13.2. The molecule has 0 radical (unpaired) electrons. The van der Waals surface area contributed by atoms with E-state index in [-0.39, 0.29) is 23.1 Å². The van der Waals surface area contributed by atoms with Gasteiger partial charge in [0.05, 0.1) is 0 Å². The Balaban J connectivity index is 1.94. The van der Waals surface area contributed by atoms with Gasteiger partial charge in [-0.05, 0) is 30.7 Å². The summed E-state index contributed by atoms with van der Waals surface area (Å²) in [4.78, 5) is 24.4. The monoisotopic (exact) mass is 273 g/mol. The molecule has 2 bridgehead atoms. The molecule has 0 aromatic heterocycles. The summed E-state index contributed by atoms with van der Waals surface area (Å²) in [5, 5.41) is 0. The van der Waals surface area contributed by atoms with E-state index in [0.717, 1.165) is 29.2 Å². The van der Waals surface area contributed by atoms with Crippen molar-refractivity contribution in [2.75, 3.05) is 0 Å². The van der Waals surface area contributed by atoms with Gasteiger partial charge in [0.1, 0.15) is 0 Å². The van der Waals surface area contributed by atoms with Crippen molar-refractivity contribution < 1.29 is 9.59 Å². The average molecular weight is 274 g/mol. The highest BCUT2D eigenvalue weighted by molar-refractivity contribution is 6.39. The minimum Gasteiger partial charge on any atom is -0.268 e. The van der Waals surface area contributed by atoms with Crippen LogP contribution in [0.2, 0.25) is 0 Å². The first kappa shape index (κ1) is 11.2. The number of benzene rings is 1. The van der Waals surface area contributed by atoms with Crippen LogP contribution in [0.1, 0.15) is 24.8 Å². The molecule has 0 N–H and O–H groups in total. The van der Waals surface area contributed by atoms with Crippen molar-refractivity contribution in [3.8, 4) is 0 Å². The van der Waals surface area contributed by atoms with Crippen molar-refractivity contribution in [2.24, 2.45) is 5.92 Å². The van der Waals surface area contributed by atoms with Gasteiger partial charge in [-0.2, -0.15) is 4.42 Å². The second-order valence-corrected chi connectivity index (χ2v) is 5.91. The normalized spacial score (nSPS) is 32.5. The molecule has 3 aliphatic rings. The lowest BCUT2D eigenvalue weighted by molar-refractivity contribution is -0.132. The molecular formula is C15H12ClNO2. The maximum absolute atomic E-state index is 12.3. The molecule has 2 amide bonds. The van der Waals surface area contributed by atoms with Crippen LogP contribution >= 0.6 is 11.8 Å². The molecule has 0 spiro atoms. The van der Waals surface area contributed by atoms with Gasteiger partial charge in [0, 0.05) is 28.3 Å². The predicted molar refractivity (Wildman–Crippen MR) is 70.2 cm³/mol. The molecular weight excluding hydrogens is 262 g/mol. The Morgan fingerprint density at radius 3 is 2.63 bits per heavy atom. The molecule has 1 saturated carbocycles.